The fourth-order valence-electron chi connectivity index (χ4n) is 1.37. The molecule has 5 heteroatoms. The van der Waals surface area contributed by atoms with E-state index in [-0.39, 0.29) is 6.54 Å². The van der Waals surface area contributed by atoms with Crippen LogP contribution in [0.2, 0.25) is 0 Å². The van der Waals surface area contributed by atoms with Crippen LogP contribution in [-0.4, -0.2) is 15.9 Å². The van der Waals surface area contributed by atoms with Crippen LogP contribution in [0.5, 0.6) is 0 Å². The van der Waals surface area contributed by atoms with Gasteiger partial charge in [-0.3, -0.25) is 4.79 Å². The Labute approximate surface area is 73.7 Å². The Kier molecular flexibility index (Phi) is 1.51. The predicted octanol–water partition coefficient (Wildman–Crippen LogP) is 0.834. The minimum Gasteiger partial charge on any atom is -0.263 e. The second-order valence-electron chi connectivity index (χ2n) is 2.76. The van der Waals surface area contributed by atoms with E-state index < -0.39 is 10.9 Å². The molecular formula is C8H6N2O3. The molecule has 0 bridgehead atoms. The zero-order valence-corrected chi connectivity index (χ0v) is 6.64. The van der Waals surface area contributed by atoms with E-state index in [1.54, 1.807) is 24.3 Å². The third-order valence-electron chi connectivity index (χ3n) is 2.00. The van der Waals surface area contributed by atoms with Gasteiger partial charge in [-0.05, 0) is 11.6 Å². The molecule has 0 saturated heterocycles. The maximum absolute atomic E-state index is 11.3. The van der Waals surface area contributed by atoms with Gasteiger partial charge < -0.3 is 0 Å². The van der Waals surface area contributed by atoms with Crippen molar-refractivity contribution in [3.8, 4) is 0 Å². The summed E-state index contributed by atoms with van der Waals surface area (Å²) in [5.74, 6) is -0.527. The Morgan fingerprint density at radius 2 is 2.08 bits per heavy atom. The molecule has 13 heavy (non-hydrogen) atoms. The van der Waals surface area contributed by atoms with Gasteiger partial charge in [-0.2, -0.15) is 0 Å². The number of hydrazine groups is 1. The van der Waals surface area contributed by atoms with E-state index >= 15 is 0 Å². The van der Waals surface area contributed by atoms with Gasteiger partial charge in [0.15, 0.2) is 5.03 Å². The van der Waals surface area contributed by atoms with Crippen molar-refractivity contribution < 1.29 is 9.83 Å². The summed E-state index contributed by atoms with van der Waals surface area (Å²) in [6.07, 6.45) is 0. The summed E-state index contributed by atoms with van der Waals surface area (Å²) in [5.41, 5.74) is 1.14. The van der Waals surface area contributed by atoms with Crippen molar-refractivity contribution in [3.05, 3.63) is 45.5 Å². The third kappa shape index (κ3) is 1.05. The average molecular weight is 178 g/mol. The standard InChI is InChI=1S/C8H6N2O3/c11-8-7-4-2-1-3-6(7)5-9(8)10(12)13/h1-4H,5H2. The first-order valence-corrected chi connectivity index (χ1v) is 3.74. The summed E-state index contributed by atoms with van der Waals surface area (Å²) in [6.45, 7) is 0.0714. The molecule has 0 aromatic heterocycles. The molecule has 0 N–H and O–H groups in total. The molecule has 0 unspecified atom stereocenters. The van der Waals surface area contributed by atoms with Crippen molar-refractivity contribution in [2.45, 2.75) is 6.54 Å². The molecule has 0 fully saturated rings. The van der Waals surface area contributed by atoms with E-state index in [9.17, 15) is 14.9 Å². The molecule has 1 aliphatic heterocycles. The van der Waals surface area contributed by atoms with Crippen LogP contribution in [0.15, 0.2) is 24.3 Å². The van der Waals surface area contributed by atoms with E-state index in [1.807, 2.05) is 0 Å². The number of carbonyl (C=O) groups excluding carboxylic acids is 1. The van der Waals surface area contributed by atoms with Crippen molar-refractivity contribution >= 4 is 5.91 Å². The first-order valence-electron chi connectivity index (χ1n) is 3.74. The Bertz CT molecular complexity index is 389. The summed E-state index contributed by atoms with van der Waals surface area (Å²) in [6, 6.07) is 6.77. The SMILES string of the molecule is O=C1c2ccccc2CN1[N+](=O)[O-]. The molecule has 0 spiro atoms. The van der Waals surface area contributed by atoms with E-state index in [4.69, 9.17) is 0 Å². The van der Waals surface area contributed by atoms with Gasteiger partial charge in [-0.25, -0.2) is 10.1 Å². The van der Waals surface area contributed by atoms with Crippen LogP contribution in [0, 0.1) is 10.1 Å². The second kappa shape index (κ2) is 2.55. The summed E-state index contributed by atoms with van der Waals surface area (Å²) < 4.78 is 0. The van der Waals surface area contributed by atoms with Crippen LogP contribution in [0.4, 0.5) is 0 Å². The van der Waals surface area contributed by atoms with Crippen molar-refractivity contribution in [2.75, 3.05) is 0 Å². The monoisotopic (exact) mass is 178 g/mol. The van der Waals surface area contributed by atoms with Gasteiger partial charge in [0, 0.05) is 0 Å². The molecule has 2 rings (SSSR count). The highest BCUT2D eigenvalue weighted by Gasteiger charge is 2.34. The zero-order valence-electron chi connectivity index (χ0n) is 6.64. The molecule has 0 saturated carbocycles. The molecule has 0 atom stereocenters. The molecule has 1 heterocycles. The lowest BCUT2D eigenvalue weighted by molar-refractivity contribution is -0.634. The van der Waals surface area contributed by atoms with Crippen molar-refractivity contribution in [3.63, 3.8) is 0 Å². The molecule has 0 radical (unpaired) electrons. The third-order valence-corrected chi connectivity index (χ3v) is 2.00. The number of hydrogen-bond donors (Lipinski definition) is 0. The number of fused-ring (bicyclic) bond motifs is 1. The molecule has 66 valence electrons. The lowest BCUT2D eigenvalue weighted by Crippen LogP contribution is -2.29. The van der Waals surface area contributed by atoms with Crippen LogP contribution in [0.1, 0.15) is 15.9 Å². The highest BCUT2D eigenvalue weighted by atomic mass is 16.7. The Balaban J connectivity index is 2.44. The predicted molar refractivity (Wildman–Crippen MR) is 43.3 cm³/mol. The number of rotatable bonds is 1. The Morgan fingerprint density at radius 1 is 1.38 bits per heavy atom. The number of nitrogens with zero attached hydrogens (tertiary/aromatic N) is 2. The van der Waals surface area contributed by atoms with E-state index in [1.165, 1.54) is 0 Å². The summed E-state index contributed by atoms with van der Waals surface area (Å²) >= 11 is 0. The summed E-state index contributed by atoms with van der Waals surface area (Å²) in [4.78, 5) is 21.7. The smallest absolute Gasteiger partial charge is 0.263 e. The van der Waals surface area contributed by atoms with Gasteiger partial charge in [0.1, 0.15) is 6.54 Å². The molecule has 1 aliphatic rings. The maximum atomic E-state index is 11.3. The van der Waals surface area contributed by atoms with Crippen LogP contribution in [0.25, 0.3) is 0 Å². The second-order valence-corrected chi connectivity index (χ2v) is 2.76. The highest BCUT2D eigenvalue weighted by molar-refractivity contribution is 5.97. The highest BCUT2D eigenvalue weighted by Crippen LogP contribution is 2.21. The topological polar surface area (TPSA) is 63.5 Å². The van der Waals surface area contributed by atoms with Crippen LogP contribution < -0.4 is 0 Å². The van der Waals surface area contributed by atoms with E-state index in [0.29, 0.717) is 16.1 Å². The average Bonchev–Trinajstić information content (AvgIpc) is 2.45. The van der Waals surface area contributed by atoms with Gasteiger partial charge in [-0.15, -0.1) is 0 Å². The fourth-order valence-corrected chi connectivity index (χ4v) is 1.37. The van der Waals surface area contributed by atoms with Gasteiger partial charge in [0.05, 0.1) is 5.56 Å². The molecule has 1 aromatic carbocycles. The van der Waals surface area contributed by atoms with Gasteiger partial charge in [0.25, 0.3) is 0 Å². The number of hydrogen-bond acceptors (Lipinski definition) is 3. The molecule has 5 nitrogen and oxygen atoms in total. The van der Waals surface area contributed by atoms with Crippen molar-refractivity contribution in [1.82, 2.24) is 5.01 Å². The van der Waals surface area contributed by atoms with E-state index in [0.717, 1.165) is 0 Å². The lowest BCUT2D eigenvalue weighted by Gasteiger charge is -2.00. The van der Waals surface area contributed by atoms with Gasteiger partial charge in [0.2, 0.25) is 0 Å². The Morgan fingerprint density at radius 3 is 2.69 bits per heavy atom. The molecular weight excluding hydrogens is 172 g/mol. The fraction of sp³-hybridized carbons (Fsp3) is 0.125. The normalized spacial score (nSPS) is 14.5. The van der Waals surface area contributed by atoms with Crippen LogP contribution >= 0.6 is 0 Å². The van der Waals surface area contributed by atoms with Crippen molar-refractivity contribution in [2.24, 2.45) is 0 Å². The minimum atomic E-state index is -0.678. The number of amides is 1. The number of benzene rings is 1. The Hall–Kier alpha value is -1.91. The summed E-state index contributed by atoms with van der Waals surface area (Å²) in [5, 5.41) is 10.3. The maximum Gasteiger partial charge on any atom is 0.314 e. The number of nitro groups is 1. The quantitative estimate of drug-likeness (QED) is 0.472. The largest absolute Gasteiger partial charge is 0.314 e. The van der Waals surface area contributed by atoms with Crippen LogP contribution in [0.3, 0.4) is 0 Å². The zero-order chi connectivity index (χ0) is 9.42. The first-order chi connectivity index (χ1) is 6.20. The lowest BCUT2D eigenvalue weighted by atomic mass is 10.1. The van der Waals surface area contributed by atoms with Crippen molar-refractivity contribution in [1.29, 1.82) is 0 Å². The van der Waals surface area contributed by atoms with Gasteiger partial charge >= 0.3 is 5.91 Å². The van der Waals surface area contributed by atoms with Gasteiger partial charge in [-0.1, -0.05) is 23.2 Å². The van der Waals surface area contributed by atoms with Crippen LogP contribution in [-0.2, 0) is 6.54 Å². The minimum absolute atomic E-state index is 0.0714. The molecule has 1 amide bonds. The molecule has 1 aromatic rings. The number of carbonyl (C=O) groups is 1. The van der Waals surface area contributed by atoms with E-state index in [2.05, 4.69) is 0 Å². The first kappa shape index (κ1) is 7.72. The summed E-state index contributed by atoms with van der Waals surface area (Å²) in [7, 11) is 0. The molecule has 0 aliphatic carbocycles.